The number of amides is 2. The molecular formula is C18H14FN5O4S. The molecule has 148 valence electrons. The molecule has 0 atom stereocenters. The van der Waals surface area contributed by atoms with Crippen LogP contribution in [0.3, 0.4) is 0 Å². The number of nitrogen functional groups attached to an aromatic ring is 1. The summed E-state index contributed by atoms with van der Waals surface area (Å²) in [5.74, 6) is -1.53. The number of benzene rings is 2. The van der Waals surface area contributed by atoms with Crippen LogP contribution in [-0.4, -0.2) is 21.7 Å². The second-order valence-corrected chi connectivity index (χ2v) is 6.76. The van der Waals surface area contributed by atoms with Gasteiger partial charge in [0.1, 0.15) is 11.5 Å². The Morgan fingerprint density at radius 2 is 1.97 bits per heavy atom. The van der Waals surface area contributed by atoms with E-state index < -0.39 is 16.6 Å². The molecule has 0 aliphatic rings. The molecule has 1 heterocycles. The first kappa shape index (κ1) is 19.9. The molecule has 0 aliphatic heterocycles. The lowest BCUT2D eigenvalue weighted by atomic mass is 10.1. The molecule has 9 nitrogen and oxygen atoms in total. The first-order valence-corrected chi connectivity index (χ1v) is 9.01. The summed E-state index contributed by atoms with van der Waals surface area (Å²) in [4.78, 5) is 37.8. The fourth-order valence-corrected chi connectivity index (χ4v) is 3.18. The Morgan fingerprint density at radius 3 is 2.62 bits per heavy atom. The van der Waals surface area contributed by atoms with Gasteiger partial charge in [0.15, 0.2) is 5.13 Å². The molecule has 4 N–H and O–H groups in total. The van der Waals surface area contributed by atoms with E-state index in [0.717, 1.165) is 17.4 Å². The molecule has 0 bridgehead atoms. The van der Waals surface area contributed by atoms with Crippen LogP contribution < -0.4 is 16.4 Å². The summed E-state index contributed by atoms with van der Waals surface area (Å²) in [6.07, 6.45) is 0. The summed E-state index contributed by atoms with van der Waals surface area (Å²) in [7, 11) is 0. The van der Waals surface area contributed by atoms with Crippen LogP contribution in [0, 0.1) is 15.9 Å². The second kappa shape index (κ2) is 8.02. The van der Waals surface area contributed by atoms with Crippen molar-refractivity contribution >= 4 is 45.3 Å². The van der Waals surface area contributed by atoms with Crippen molar-refractivity contribution in [1.29, 1.82) is 0 Å². The molecule has 3 aromatic rings. The number of nitrogens with zero attached hydrogens (tertiary/aromatic N) is 2. The number of nitro benzene ring substituents is 1. The van der Waals surface area contributed by atoms with Crippen LogP contribution in [-0.2, 0) is 4.79 Å². The predicted molar refractivity (Wildman–Crippen MR) is 107 cm³/mol. The number of rotatable bonds is 5. The molecule has 2 aromatic carbocycles. The predicted octanol–water partition coefficient (Wildman–Crippen LogP) is 3.65. The molecule has 0 radical (unpaired) electrons. The van der Waals surface area contributed by atoms with Crippen LogP contribution in [0.15, 0.2) is 41.8 Å². The van der Waals surface area contributed by atoms with Gasteiger partial charge in [-0.3, -0.25) is 25.0 Å². The Morgan fingerprint density at radius 1 is 1.21 bits per heavy atom. The third kappa shape index (κ3) is 4.52. The number of nitrogens with one attached hydrogen (secondary N) is 2. The zero-order valence-corrected chi connectivity index (χ0v) is 15.7. The normalized spacial score (nSPS) is 10.4. The minimum Gasteiger partial charge on any atom is -0.393 e. The van der Waals surface area contributed by atoms with E-state index in [1.165, 1.54) is 37.3 Å². The molecule has 0 spiro atoms. The van der Waals surface area contributed by atoms with Gasteiger partial charge >= 0.3 is 0 Å². The molecule has 3 rings (SSSR count). The van der Waals surface area contributed by atoms with Crippen LogP contribution in [0.1, 0.15) is 17.3 Å². The number of carbonyl (C=O) groups excluding carboxylic acids is 2. The van der Waals surface area contributed by atoms with Gasteiger partial charge in [-0.2, -0.15) is 0 Å². The highest BCUT2D eigenvalue weighted by Crippen LogP contribution is 2.29. The summed E-state index contributed by atoms with van der Waals surface area (Å²) in [6.45, 7) is 1.32. The maximum absolute atomic E-state index is 14.3. The molecule has 29 heavy (non-hydrogen) atoms. The van der Waals surface area contributed by atoms with Crippen molar-refractivity contribution in [2.75, 3.05) is 16.4 Å². The van der Waals surface area contributed by atoms with Crippen molar-refractivity contribution in [2.24, 2.45) is 0 Å². The van der Waals surface area contributed by atoms with Crippen molar-refractivity contribution in [3.05, 3.63) is 63.3 Å². The van der Waals surface area contributed by atoms with Crippen LogP contribution in [0.2, 0.25) is 0 Å². The van der Waals surface area contributed by atoms with Gasteiger partial charge in [-0.25, -0.2) is 9.37 Å². The van der Waals surface area contributed by atoms with Gasteiger partial charge in [-0.1, -0.05) is 0 Å². The van der Waals surface area contributed by atoms with Gasteiger partial charge < -0.3 is 11.1 Å². The Hall–Kier alpha value is -3.86. The molecule has 1 aromatic heterocycles. The van der Waals surface area contributed by atoms with E-state index in [4.69, 9.17) is 5.73 Å². The van der Waals surface area contributed by atoms with E-state index in [0.29, 0.717) is 11.4 Å². The summed E-state index contributed by atoms with van der Waals surface area (Å²) < 4.78 is 14.3. The van der Waals surface area contributed by atoms with Gasteiger partial charge in [0.25, 0.3) is 11.6 Å². The number of nitro groups is 1. The molecule has 11 heteroatoms. The van der Waals surface area contributed by atoms with Gasteiger partial charge in [0.2, 0.25) is 5.91 Å². The Balaban J connectivity index is 1.79. The SMILES string of the molecule is CC(=O)Nc1ccc(-c2csc(NC(=O)c3ccc(N)c([N+](=O)[O-])c3)n2)c(F)c1. The summed E-state index contributed by atoms with van der Waals surface area (Å²) in [5, 5.41) is 17.7. The average Bonchev–Trinajstić information content (AvgIpc) is 3.09. The maximum Gasteiger partial charge on any atom is 0.292 e. The third-order valence-electron chi connectivity index (χ3n) is 3.78. The topological polar surface area (TPSA) is 140 Å². The molecule has 0 aliphatic carbocycles. The van der Waals surface area contributed by atoms with E-state index in [-0.39, 0.29) is 33.5 Å². The van der Waals surface area contributed by atoms with Crippen molar-refractivity contribution in [1.82, 2.24) is 4.98 Å². The summed E-state index contributed by atoms with van der Waals surface area (Å²) in [5.41, 5.74) is 5.92. The van der Waals surface area contributed by atoms with Crippen LogP contribution in [0.5, 0.6) is 0 Å². The van der Waals surface area contributed by atoms with Crippen molar-refractivity contribution in [2.45, 2.75) is 6.92 Å². The fourth-order valence-electron chi connectivity index (χ4n) is 2.47. The molecule has 0 unspecified atom stereocenters. The van der Waals surface area contributed by atoms with Crippen LogP contribution in [0.25, 0.3) is 11.3 Å². The Kier molecular flexibility index (Phi) is 5.50. The average molecular weight is 415 g/mol. The Labute approximate surface area is 167 Å². The van der Waals surface area contributed by atoms with Crippen LogP contribution >= 0.6 is 11.3 Å². The quantitative estimate of drug-likeness (QED) is 0.330. The third-order valence-corrected chi connectivity index (χ3v) is 4.54. The fraction of sp³-hybridized carbons (Fsp3) is 0.0556. The highest BCUT2D eigenvalue weighted by Gasteiger charge is 2.17. The number of carbonyl (C=O) groups is 2. The monoisotopic (exact) mass is 415 g/mol. The maximum atomic E-state index is 14.3. The van der Waals surface area contributed by atoms with Gasteiger partial charge in [-0.15, -0.1) is 11.3 Å². The number of aromatic nitrogens is 1. The number of hydrogen-bond acceptors (Lipinski definition) is 7. The number of hydrogen-bond donors (Lipinski definition) is 3. The number of anilines is 3. The van der Waals surface area contributed by atoms with Gasteiger partial charge in [0.05, 0.1) is 10.6 Å². The minimum absolute atomic E-state index is 0.0356. The van der Waals surface area contributed by atoms with E-state index >= 15 is 0 Å². The first-order valence-electron chi connectivity index (χ1n) is 8.13. The first-order chi connectivity index (χ1) is 13.7. The highest BCUT2D eigenvalue weighted by atomic mass is 32.1. The lowest BCUT2D eigenvalue weighted by molar-refractivity contribution is -0.383. The standard InChI is InChI=1S/C18H14FN5O4S/c1-9(25)21-11-3-4-12(13(19)7-11)15-8-29-18(22-15)23-17(26)10-2-5-14(20)16(6-10)24(27)28/h2-8H,20H2,1H3,(H,21,25)(H,22,23,26). The smallest absolute Gasteiger partial charge is 0.292 e. The lowest BCUT2D eigenvalue weighted by Gasteiger charge is -2.05. The lowest BCUT2D eigenvalue weighted by Crippen LogP contribution is -2.12. The molecule has 0 saturated carbocycles. The molecule has 0 saturated heterocycles. The van der Waals surface area contributed by atoms with E-state index in [1.54, 1.807) is 5.38 Å². The number of thiazole rings is 1. The minimum atomic E-state index is -0.680. The summed E-state index contributed by atoms with van der Waals surface area (Å²) in [6, 6.07) is 7.86. The second-order valence-electron chi connectivity index (χ2n) is 5.90. The number of halogens is 1. The zero-order chi connectivity index (χ0) is 21.1. The van der Waals surface area contributed by atoms with Crippen LogP contribution in [0.4, 0.5) is 26.6 Å². The Bertz CT molecular complexity index is 1130. The number of nitrogens with two attached hydrogens (primary N) is 1. The molecular weight excluding hydrogens is 401 g/mol. The van der Waals surface area contributed by atoms with E-state index in [2.05, 4.69) is 15.6 Å². The highest BCUT2D eigenvalue weighted by molar-refractivity contribution is 7.14. The van der Waals surface area contributed by atoms with Gasteiger partial charge in [0, 0.05) is 35.2 Å². The van der Waals surface area contributed by atoms with Crippen molar-refractivity contribution in [3.8, 4) is 11.3 Å². The van der Waals surface area contributed by atoms with E-state index in [9.17, 15) is 24.1 Å². The molecule has 2 amide bonds. The molecule has 0 fully saturated rings. The van der Waals surface area contributed by atoms with Gasteiger partial charge in [-0.05, 0) is 30.3 Å². The van der Waals surface area contributed by atoms with Crippen molar-refractivity contribution < 1.29 is 18.9 Å². The largest absolute Gasteiger partial charge is 0.393 e. The van der Waals surface area contributed by atoms with E-state index in [1.807, 2.05) is 0 Å². The van der Waals surface area contributed by atoms with Crippen molar-refractivity contribution in [3.63, 3.8) is 0 Å². The zero-order valence-electron chi connectivity index (χ0n) is 14.9. The summed E-state index contributed by atoms with van der Waals surface area (Å²) >= 11 is 1.07.